The third-order valence-corrected chi connectivity index (χ3v) is 4.68. The quantitative estimate of drug-likeness (QED) is 0.422. The largest absolute Gasteiger partial charge is 0.493 e. The van der Waals surface area contributed by atoms with Gasteiger partial charge in [-0.15, -0.1) is 0 Å². The fraction of sp³-hybridized carbons (Fsp3) is 0.227. The van der Waals surface area contributed by atoms with Crippen LogP contribution in [0.1, 0.15) is 30.4 Å². The van der Waals surface area contributed by atoms with E-state index in [2.05, 4.69) is 0 Å². The molecule has 0 unspecified atom stereocenters. The number of hydrogen-bond donors (Lipinski definition) is 0. The molecule has 1 saturated carbocycles. The second-order valence-electron chi connectivity index (χ2n) is 6.45. The van der Waals surface area contributed by atoms with E-state index in [0.29, 0.717) is 35.5 Å². The number of Topliss-reactive ketones (excluding diaryl/α,β-unsaturated/α-hetero) is 1. The molecule has 3 rings (SSSR count). The number of ketones is 1. The van der Waals surface area contributed by atoms with Crippen molar-refractivity contribution in [3.05, 3.63) is 74.9 Å². The molecule has 0 radical (unpaired) electrons. The number of methoxy groups -OCH3 is 2. The van der Waals surface area contributed by atoms with Crippen LogP contribution in [-0.2, 0) is 4.79 Å². The molecular formula is C22H21NO5. The van der Waals surface area contributed by atoms with Crippen molar-refractivity contribution >= 4 is 23.6 Å². The summed E-state index contributed by atoms with van der Waals surface area (Å²) < 4.78 is 10.8. The zero-order chi connectivity index (χ0) is 20.1. The molecule has 0 saturated heterocycles. The van der Waals surface area contributed by atoms with Crippen molar-refractivity contribution in [2.75, 3.05) is 14.2 Å². The van der Waals surface area contributed by atoms with Crippen molar-refractivity contribution in [3.8, 4) is 11.5 Å². The highest BCUT2D eigenvalue weighted by Gasteiger charge is 2.21. The predicted molar refractivity (Wildman–Crippen MR) is 107 cm³/mol. The maximum absolute atomic E-state index is 12.9. The van der Waals surface area contributed by atoms with Crippen LogP contribution >= 0.6 is 0 Å². The Morgan fingerprint density at radius 2 is 1.64 bits per heavy atom. The van der Waals surface area contributed by atoms with E-state index in [-0.39, 0.29) is 11.5 Å². The molecular weight excluding hydrogens is 358 g/mol. The van der Waals surface area contributed by atoms with Gasteiger partial charge in [-0.1, -0.05) is 12.1 Å². The normalized spacial score (nSPS) is 17.0. The van der Waals surface area contributed by atoms with Crippen LogP contribution < -0.4 is 9.47 Å². The summed E-state index contributed by atoms with van der Waals surface area (Å²) in [6, 6.07) is 11.7. The maximum atomic E-state index is 12.9. The molecule has 1 fully saturated rings. The highest BCUT2D eigenvalue weighted by Crippen LogP contribution is 2.35. The zero-order valence-corrected chi connectivity index (χ0v) is 15.8. The van der Waals surface area contributed by atoms with Crippen molar-refractivity contribution in [1.82, 2.24) is 0 Å². The molecule has 0 aliphatic heterocycles. The Bertz CT molecular complexity index is 957. The summed E-state index contributed by atoms with van der Waals surface area (Å²) in [7, 11) is 3.15. The van der Waals surface area contributed by atoms with E-state index in [4.69, 9.17) is 9.47 Å². The lowest BCUT2D eigenvalue weighted by atomic mass is 9.86. The van der Waals surface area contributed by atoms with E-state index < -0.39 is 4.92 Å². The summed E-state index contributed by atoms with van der Waals surface area (Å²) >= 11 is 0. The van der Waals surface area contributed by atoms with Crippen molar-refractivity contribution in [1.29, 1.82) is 0 Å². The average molecular weight is 379 g/mol. The van der Waals surface area contributed by atoms with Gasteiger partial charge in [-0.3, -0.25) is 14.9 Å². The van der Waals surface area contributed by atoms with E-state index in [0.717, 1.165) is 17.5 Å². The summed E-state index contributed by atoms with van der Waals surface area (Å²) in [5.41, 5.74) is 3.01. The number of carbonyl (C=O) groups is 1. The van der Waals surface area contributed by atoms with Gasteiger partial charge in [-0.25, -0.2) is 0 Å². The van der Waals surface area contributed by atoms with Crippen LogP contribution in [0, 0.1) is 10.1 Å². The third kappa shape index (κ3) is 4.11. The van der Waals surface area contributed by atoms with Gasteiger partial charge >= 0.3 is 0 Å². The Morgan fingerprint density at radius 3 is 2.25 bits per heavy atom. The van der Waals surface area contributed by atoms with Gasteiger partial charge in [0.2, 0.25) is 0 Å². The molecule has 2 aromatic carbocycles. The van der Waals surface area contributed by atoms with Gasteiger partial charge in [0.05, 0.1) is 19.1 Å². The smallest absolute Gasteiger partial charge is 0.269 e. The molecule has 1 aliphatic carbocycles. The number of para-hydroxylation sites is 1. The lowest BCUT2D eigenvalue weighted by Gasteiger charge is -2.17. The number of nitro benzene ring substituents is 1. The van der Waals surface area contributed by atoms with Crippen LogP contribution in [-0.4, -0.2) is 24.9 Å². The number of nitrogens with zero attached hydrogens (tertiary/aromatic N) is 1. The lowest BCUT2D eigenvalue weighted by Crippen LogP contribution is -2.12. The second-order valence-corrected chi connectivity index (χ2v) is 6.45. The molecule has 0 atom stereocenters. The number of ether oxygens (including phenoxy) is 2. The summed E-state index contributed by atoms with van der Waals surface area (Å²) in [6.07, 6.45) is 5.90. The first-order valence-corrected chi connectivity index (χ1v) is 8.94. The predicted octanol–water partition coefficient (Wildman–Crippen LogP) is 4.83. The molecule has 144 valence electrons. The van der Waals surface area contributed by atoms with E-state index in [1.54, 1.807) is 26.4 Å². The summed E-state index contributed by atoms with van der Waals surface area (Å²) in [5, 5.41) is 10.8. The standard InChI is InChI=1S/C22H21NO5/c1-27-20-8-4-7-18(22(20)28-2)14-17-6-3-5-16(21(17)24)13-15-9-11-19(12-10-15)23(25)26/h4,7-14H,3,5-6H2,1-2H3/b16-13+,17-14+. The Kier molecular flexibility index (Phi) is 5.89. The van der Waals surface area contributed by atoms with Crippen molar-refractivity contribution in [2.24, 2.45) is 0 Å². The van der Waals surface area contributed by atoms with E-state index in [9.17, 15) is 14.9 Å². The summed E-state index contributed by atoms with van der Waals surface area (Å²) in [6.45, 7) is 0. The monoisotopic (exact) mass is 379 g/mol. The molecule has 2 aromatic rings. The molecule has 0 heterocycles. The Hall–Kier alpha value is -3.41. The number of nitro groups is 1. The van der Waals surface area contributed by atoms with Gasteiger partial charge in [0, 0.05) is 28.8 Å². The van der Waals surface area contributed by atoms with Crippen LogP contribution in [0.3, 0.4) is 0 Å². The number of non-ortho nitro benzene ring substituents is 1. The minimum atomic E-state index is -0.439. The van der Waals surface area contributed by atoms with Crippen molar-refractivity contribution < 1.29 is 19.2 Å². The molecule has 28 heavy (non-hydrogen) atoms. The van der Waals surface area contributed by atoms with Gasteiger partial charge < -0.3 is 9.47 Å². The number of allylic oxidation sites excluding steroid dienone is 2. The van der Waals surface area contributed by atoms with E-state index >= 15 is 0 Å². The maximum Gasteiger partial charge on any atom is 0.269 e. The van der Waals surface area contributed by atoms with Crippen molar-refractivity contribution in [3.63, 3.8) is 0 Å². The first kappa shape index (κ1) is 19.4. The van der Waals surface area contributed by atoms with Gasteiger partial charge in [-0.2, -0.15) is 0 Å². The van der Waals surface area contributed by atoms with Crippen molar-refractivity contribution in [2.45, 2.75) is 19.3 Å². The topological polar surface area (TPSA) is 78.7 Å². The van der Waals surface area contributed by atoms with Crippen LogP contribution in [0.5, 0.6) is 11.5 Å². The van der Waals surface area contributed by atoms with Gasteiger partial charge in [0.25, 0.3) is 5.69 Å². The molecule has 6 heteroatoms. The molecule has 6 nitrogen and oxygen atoms in total. The van der Waals surface area contributed by atoms with Crippen LogP contribution in [0.4, 0.5) is 5.69 Å². The molecule has 1 aliphatic rings. The fourth-order valence-electron chi connectivity index (χ4n) is 3.28. The minimum absolute atomic E-state index is 0.00512. The molecule has 0 amide bonds. The molecule has 0 bridgehead atoms. The molecule has 0 aromatic heterocycles. The van der Waals surface area contributed by atoms with Crippen LogP contribution in [0.15, 0.2) is 53.6 Å². The Balaban J connectivity index is 1.90. The van der Waals surface area contributed by atoms with Gasteiger partial charge in [0.1, 0.15) is 0 Å². The van der Waals surface area contributed by atoms with E-state index in [1.165, 1.54) is 12.1 Å². The lowest BCUT2D eigenvalue weighted by molar-refractivity contribution is -0.384. The van der Waals surface area contributed by atoms with Crippen LogP contribution in [0.25, 0.3) is 12.2 Å². The number of rotatable bonds is 5. The summed E-state index contributed by atoms with van der Waals surface area (Å²) in [5.74, 6) is 1.20. The number of hydrogen-bond acceptors (Lipinski definition) is 5. The molecule has 0 N–H and O–H groups in total. The second kappa shape index (κ2) is 8.52. The fourth-order valence-corrected chi connectivity index (χ4v) is 3.28. The highest BCUT2D eigenvalue weighted by molar-refractivity contribution is 6.14. The summed E-state index contributed by atoms with van der Waals surface area (Å²) in [4.78, 5) is 23.3. The first-order chi connectivity index (χ1) is 13.5. The zero-order valence-electron chi connectivity index (χ0n) is 15.8. The Labute approximate surface area is 163 Å². The van der Waals surface area contributed by atoms with Crippen LogP contribution in [0.2, 0.25) is 0 Å². The third-order valence-electron chi connectivity index (χ3n) is 4.68. The minimum Gasteiger partial charge on any atom is -0.493 e. The van der Waals surface area contributed by atoms with E-state index in [1.807, 2.05) is 30.4 Å². The first-order valence-electron chi connectivity index (χ1n) is 8.94. The highest BCUT2D eigenvalue weighted by atomic mass is 16.6. The number of benzene rings is 2. The molecule has 0 spiro atoms. The SMILES string of the molecule is COc1cccc(/C=C2\CCC/C(=C\c3ccc([N+](=O)[O-])cc3)C2=O)c1OC. The Morgan fingerprint density at radius 1 is 0.964 bits per heavy atom. The number of carbonyl (C=O) groups excluding carboxylic acids is 1. The average Bonchev–Trinajstić information content (AvgIpc) is 2.71. The van der Waals surface area contributed by atoms with Gasteiger partial charge in [0.15, 0.2) is 17.3 Å². The van der Waals surface area contributed by atoms with Gasteiger partial charge in [-0.05, 0) is 55.2 Å².